The predicted octanol–water partition coefficient (Wildman–Crippen LogP) is 1.89. The number of hydrogen-bond donors (Lipinski definition) is 2. The highest BCUT2D eigenvalue weighted by Gasteiger charge is 2.43. The second kappa shape index (κ2) is 6.86. The molecule has 6 heteroatoms. The molecule has 2 rings (SSSR count). The summed E-state index contributed by atoms with van der Waals surface area (Å²) in [6.07, 6.45) is -1.56. The third-order valence-corrected chi connectivity index (χ3v) is 3.64. The molecular formula is C17H25NO5. The minimum atomic E-state index is -1.66. The van der Waals surface area contributed by atoms with E-state index in [1.54, 1.807) is 20.8 Å². The molecule has 23 heavy (non-hydrogen) atoms. The van der Waals surface area contributed by atoms with Gasteiger partial charge in [0.25, 0.3) is 0 Å². The van der Waals surface area contributed by atoms with Crippen LogP contribution in [0.25, 0.3) is 0 Å². The van der Waals surface area contributed by atoms with Crippen molar-refractivity contribution in [1.82, 2.24) is 4.90 Å². The number of piperidine rings is 1. The van der Waals surface area contributed by atoms with Crippen LogP contribution in [-0.4, -0.2) is 51.8 Å². The molecule has 1 aromatic rings. The molecule has 0 aromatic heterocycles. The molecule has 0 unspecified atom stereocenters. The zero-order valence-electron chi connectivity index (χ0n) is 13.9. The lowest BCUT2D eigenvalue weighted by Gasteiger charge is -2.41. The van der Waals surface area contributed by atoms with E-state index in [0.29, 0.717) is 0 Å². The Bertz CT molecular complexity index is 528. The average molecular weight is 323 g/mol. The Balaban J connectivity index is 1.91. The highest BCUT2D eigenvalue weighted by atomic mass is 16.6. The first-order valence-electron chi connectivity index (χ1n) is 7.76. The number of ether oxygens (including phenoxy) is 2. The smallest absolute Gasteiger partial charge is 0.410 e. The Hall–Kier alpha value is -1.63. The van der Waals surface area contributed by atoms with E-state index in [4.69, 9.17) is 9.47 Å². The van der Waals surface area contributed by atoms with Crippen molar-refractivity contribution < 1.29 is 24.5 Å². The number of amides is 1. The maximum atomic E-state index is 12.0. The van der Waals surface area contributed by atoms with Gasteiger partial charge in [-0.25, -0.2) is 4.79 Å². The molecule has 1 heterocycles. The van der Waals surface area contributed by atoms with E-state index in [2.05, 4.69) is 0 Å². The average Bonchev–Trinajstić information content (AvgIpc) is 2.47. The molecule has 6 nitrogen and oxygen atoms in total. The van der Waals surface area contributed by atoms with E-state index < -0.39 is 23.6 Å². The predicted molar refractivity (Wildman–Crippen MR) is 84.6 cm³/mol. The quantitative estimate of drug-likeness (QED) is 0.831. The molecule has 1 saturated heterocycles. The van der Waals surface area contributed by atoms with Crippen molar-refractivity contribution in [2.75, 3.05) is 13.1 Å². The van der Waals surface area contributed by atoms with Crippen LogP contribution in [0.3, 0.4) is 0 Å². The molecule has 1 fully saturated rings. The van der Waals surface area contributed by atoms with Crippen LogP contribution in [0.15, 0.2) is 30.3 Å². The van der Waals surface area contributed by atoms with Crippen molar-refractivity contribution >= 4 is 6.09 Å². The van der Waals surface area contributed by atoms with Crippen molar-refractivity contribution in [1.29, 1.82) is 0 Å². The van der Waals surface area contributed by atoms with Gasteiger partial charge in [0.15, 0.2) is 5.79 Å². The first kappa shape index (κ1) is 17.7. The van der Waals surface area contributed by atoms with Crippen LogP contribution in [-0.2, 0) is 16.1 Å². The number of aliphatic hydroxyl groups excluding tert-OH is 1. The van der Waals surface area contributed by atoms with Gasteiger partial charge in [-0.2, -0.15) is 0 Å². The molecule has 1 aliphatic rings. The molecular weight excluding hydrogens is 298 g/mol. The fraction of sp³-hybridized carbons (Fsp3) is 0.588. The number of carbonyl (C=O) groups excluding carboxylic acids is 1. The number of nitrogens with zero attached hydrogens (tertiary/aromatic N) is 1. The molecule has 0 aliphatic carbocycles. The van der Waals surface area contributed by atoms with E-state index in [0.717, 1.165) is 5.56 Å². The van der Waals surface area contributed by atoms with Crippen LogP contribution in [0, 0.1) is 0 Å². The summed E-state index contributed by atoms with van der Waals surface area (Å²) in [6.45, 7) is 5.78. The second-order valence-electron chi connectivity index (χ2n) is 6.81. The fourth-order valence-electron chi connectivity index (χ4n) is 2.35. The normalized spacial score (nSPS) is 25.3. The third kappa shape index (κ3) is 4.92. The Morgan fingerprint density at radius 2 is 2.00 bits per heavy atom. The molecule has 1 aliphatic heterocycles. The summed E-state index contributed by atoms with van der Waals surface area (Å²) in [7, 11) is 0. The Morgan fingerprint density at radius 3 is 2.57 bits per heavy atom. The van der Waals surface area contributed by atoms with Crippen molar-refractivity contribution in [3.05, 3.63) is 35.9 Å². The number of carbonyl (C=O) groups is 1. The molecule has 128 valence electrons. The molecule has 0 spiro atoms. The molecule has 1 amide bonds. The molecule has 1 aromatic carbocycles. The molecule has 2 N–H and O–H groups in total. The fourth-order valence-corrected chi connectivity index (χ4v) is 2.35. The first-order valence-corrected chi connectivity index (χ1v) is 7.76. The van der Waals surface area contributed by atoms with Gasteiger partial charge >= 0.3 is 6.09 Å². The highest BCUT2D eigenvalue weighted by molar-refractivity contribution is 5.68. The van der Waals surface area contributed by atoms with Gasteiger partial charge in [0.2, 0.25) is 0 Å². The van der Waals surface area contributed by atoms with E-state index in [-0.39, 0.29) is 26.1 Å². The van der Waals surface area contributed by atoms with Gasteiger partial charge in [0, 0.05) is 13.0 Å². The molecule has 0 radical (unpaired) electrons. The van der Waals surface area contributed by atoms with Crippen molar-refractivity contribution in [3.8, 4) is 0 Å². The summed E-state index contributed by atoms with van der Waals surface area (Å²) < 4.78 is 10.8. The number of likely N-dealkylation sites (tertiary alicyclic amines) is 1. The van der Waals surface area contributed by atoms with Gasteiger partial charge in [-0.05, 0) is 26.3 Å². The van der Waals surface area contributed by atoms with Crippen molar-refractivity contribution in [2.45, 2.75) is 51.3 Å². The zero-order valence-corrected chi connectivity index (χ0v) is 13.9. The summed E-state index contributed by atoms with van der Waals surface area (Å²) >= 11 is 0. The monoisotopic (exact) mass is 323 g/mol. The van der Waals surface area contributed by atoms with Gasteiger partial charge in [-0.1, -0.05) is 30.3 Å². The van der Waals surface area contributed by atoms with Crippen LogP contribution in [0.5, 0.6) is 0 Å². The van der Waals surface area contributed by atoms with Crippen molar-refractivity contribution in [2.24, 2.45) is 0 Å². The lowest BCUT2D eigenvalue weighted by molar-refractivity contribution is -0.280. The van der Waals surface area contributed by atoms with Gasteiger partial charge in [-0.15, -0.1) is 0 Å². The number of hydrogen-bond acceptors (Lipinski definition) is 5. The van der Waals surface area contributed by atoms with E-state index in [9.17, 15) is 15.0 Å². The third-order valence-electron chi connectivity index (χ3n) is 3.64. The lowest BCUT2D eigenvalue weighted by atomic mass is 10.0. The SMILES string of the molecule is CC(C)(C)OC(=O)N1CC[C@@](O)(OCc2ccccc2)[C@H](O)C1. The summed E-state index contributed by atoms with van der Waals surface area (Å²) in [4.78, 5) is 13.4. The van der Waals surface area contributed by atoms with Crippen LogP contribution in [0.4, 0.5) is 4.79 Å². The summed E-state index contributed by atoms with van der Waals surface area (Å²) in [5.41, 5.74) is 0.308. The van der Waals surface area contributed by atoms with E-state index >= 15 is 0 Å². The Kier molecular flexibility index (Phi) is 5.29. The van der Waals surface area contributed by atoms with Gasteiger partial charge in [0.05, 0.1) is 13.2 Å². The maximum Gasteiger partial charge on any atom is 0.410 e. The zero-order chi connectivity index (χ0) is 17.1. The lowest BCUT2D eigenvalue weighted by Crippen LogP contribution is -2.58. The van der Waals surface area contributed by atoms with E-state index in [1.165, 1.54) is 4.90 Å². The first-order chi connectivity index (χ1) is 10.7. The van der Waals surface area contributed by atoms with Crippen LogP contribution in [0.1, 0.15) is 32.8 Å². The number of rotatable bonds is 3. The van der Waals surface area contributed by atoms with E-state index in [1.807, 2.05) is 30.3 Å². The topological polar surface area (TPSA) is 79.2 Å². The van der Waals surface area contributed by atoms with Crippen molar-refractivity contribution in [3.63, 3.8) is 0 Å². The molecule has 2 atom stereocenters. The summed E-state index contributed by atoms with van der Waals surface area (Å²) in [5, 5.41) is 20.7. The minimum absolute atomic E-state index is 0.0276. The van der Waals surface area contributed by atoms with Gasteiger partial charge in [0.1, 0.15) is 11.7 Å². The largest absolute Gasteiger partial charge is 0.444 e. The van der Waals surface area contributed by atoms with Gasteiger partial charge < -0.3 is 24.6 Å². The number of aliphatic hydroxyl groups is 2. The number of benzene rings is 1. The van der Waals surface area contributed by atoms with Crippen LogP contribution < -0.4 is 0 Å². The number of β-amino-alcohol motifs (C(OH)–C–C–N with tert-alkyl or cyclic N) is 1. The Morgan fingerprint density at radius 1 is 1.35 bits per heavy atom. The van der Waals surface area contributed by atoms with Crippen LogP contribution >= 0.6 is 0 Å². The minimum Gasteiger partial charge on any atom is -0.444 e. The highest BCUT2D eigenvalue weighted by Crippen LogP contribution is 2.26. The van der Waals surface area contributed by atoms with Gasteiger partial charge in [-0.3, -0.25) is 0 Å². The summed E-state index contributed by atoms with van der Waals surface area (Å²) in [6, 6.07) is 9.41. The Labute approximate surface area is 136 Å². The van der Waals surface area contributed by atoms with Crippen LogP contribution in [0.2, 0.25) is 0 Å². The molecule has 0 saturated carbocycles. The second-order valence-corrected chi connectivity index (χ2v) is 6.81. The standard InChI is InChI=1S/C17H25NO5/c1-16(2,3)23-15(20)18-10-9-17(21,14(19)11-18)22-12-13-7-5-4-6-8-13/h4-8,14,19,21H,9-12H2,1-3H3/t14-,17-/m1/s1. The summed E-state index contributed by atoms with van der Waals surface area (Å²) in [5.74, 6) is -1.66. The maximum absolute atomic E-state index is 12.0. The molecule has 0 bridgehead atoms.